The van der Waals surface area contributed by atoms with Gasteiger partial charge in [-0.1, -0.05) is 0 Å². The third-order valence-electron chi connectivity index (χ3n) is 0.443. The summed E-state index contributed by atoms with van der Waals surface area (Å²) in [4.78, 5) is 0. The van der Waals surface area contributed by atoms with Gasteiger partial charge in [0.15, 0.2) is 0 Å². The van der Waals surface area contributed by atoms with Crippen LogP contribution in [0.2, 0.25) is 10.6 Å². The van der Waals surface area contributed by atoms with E-state index < -0.39 is 0 Å². The van der Waals surface area contributed by atoms with Gasteiger partial charge in [0.25, 0.3) is 0 Å². The van der Waals surface area contributed by atoms with Gasteiger partial charge in [0, 0.05) is 0 Å². The molecule has 0 aromatic heterocycles. The summed E-state index contributed by atoms with van der Waals surface area (Å²) >= 11 is 7.64. The molecule has 0 bridgehead atoms. The van der Waals surface area contributed by atoms with E-state index in [1.165, 1.54) is 21.3 Å². The van der Waals surface area contributed by atoms with E-state index in [9.17, 15) is 0 Å². The Morgan fingerprint density at radius 1 is 1.00 bits per heavy atom. The maximum absolute atomic E-state index is 3.38. The molecule has 0 heterocycles. The van der Waals surface area contributed by atoms with E-state index in [0.717, 1.165) is 15.0 Å². The first-order valence-corrected chi connectivity index (χ1v) is 6.78. The van der Waals surface area contributed by atoms with Gasteiger partial charge < -0.3 is 0 Å². The molecule has 0 aromatic rings. The fourth-order valence-electron chi connectivity index (χ4n) is 0.211. The molecule has 0 saturated heterocycles. The fourth-order valence-corrected chi connectivity index (χ4v) is 3.48. The van der Waals surface area contributed by atoms with Crippen LogP contribution >= 0.6 is 31.9 Å². The van der Waals surface area contributed by atoms with Crippen LogP contribution < -0.4 is 0 Å². The summed E-state index contributed by atoms with van der Waals surface area (Å²) in [7, 11) is 0. The van der Waals surface area contributed by atoms with E-state index in [4.69, 9.17) is 0 Å². The third-order valence-corrected chi connectivity index (χ3v) is 5.67. The summed E-state index contributed by atoms with van der Waals surface area (Å²) in [6, 6.07) is 0. The van der Waals surface area contributed by atoms with Crippen molar-refractivity contribution in [2.24, 2.45) is 0 Å². The molecular formula is C4H8Br2Se. The van der Waals surface area contributed by atoms with Gasteiger partial charge in [-0.05, 0) is 0 Å². The third kappa shape index (κ3) is 7.48. The Morgan fingerprint density at radius 2 is 1.43 bits per heavy atom. The van der Waals surface area contributed by atoms with E-state index in [0.29, 0.717) is 0 Å². The molecule has 0 rings (SSSR count). The van der Waals surface area contributed by atoms with Crippen LogP contribution in [0.3, 0.4) is 0 Å². The summed E-state index contributed by atoms with van der Waals surface area (Å²) in [6.07, 6.45) is 0. The van der Waals surface area contributed by atoms with Gasteiger partial charge in [-0.3, -0.25) is 0 Å². The van der Waals surface area contributed by atoms with Gasteiger partial charge in [0.1, 0.15) is 0 Å². The molecule has 0 nitrogen and oxygen atoms in total. The molecule has 0 aliphatic heterocycles. The van der Waals surface area contributed by atoms with E-state index in [-0.39, 0.29) is 0 Å². The minimum absolute atomic E-state index is 0.882. The van der Waals surface area contributed by atoms with Crippen LogP contribution in [0.4, 0.5) is 0 Å². The molecule has 3 heteroatoms. The fraction of sp³-hybridized carbons (Fsp3) is 1.00. The number of alkyl halides is 2. The van der Waals surface area contributed by atoms with Crippen LogP contribution in [0.1, 0.15) is 0 Å². The predicted octanol–water partition coefficient (Wildman–Crippen LogP) is 2.32. The molecule has 0 atom stereocenters. The molecule has 0 amide bonds. The zero-order chi connectivity index (χ0) is 5.54. The molecule has 0 N–H and O–H groups in total. The monoisotopic (exact) mass is 294 g/mol. The van der Waals surface area contributed by atoms with Crippen molar-refractivity contribution in [3.63, 3.8) is 0 Å². The van der Waals surface area contributed by atoms with Crippen LogP contribution in [-0.4, -0.2) is 25.6 Å². The van der Waals surface area contributed by atoms with Crippen molar-refractivity contribution in [1.29, 1.82) is 0 Å². The van der Waals surface area contributed by atoms with Gasteiger partial charge in [-0.15, -0.1) is 0 Å². The quantitative estimate of drug-likeness (QED) is 0.424. The van der Waals surface area contributed by atoms with Crippen molar-refractivity contribution in [2.45, 2.75) is 10.6 Å². The van der Waals surface area contributed by atoms with Gasteiger partial charge in [0.05, 0.1) is 0 Å². The van der Waals surface area contributed by atoms with Crippen molar-refractivity contribution in [2.75, 3.05) is 10.7 Å². The van der Waals surface area contributed by atoms with Gasteiger partial charge in [-0.2, -0.15) is 0 Å². The predicted molar refractivity (Wildman–Crippen MR) is 43.0 cm³/mol. The second-order valence-corrected chi connectivity index (χ2v) is 5.15. The maximum atomic E-state index is 3.38. The summed E-state index contributed by atoms with van der Waals surface area (Å²) in [5.74, 6) is 0. The van der Waals surface area contributed by atoms with Crippen LogP contribution in [0.15, 0.2) is 0 Å². The number of hydrogen-bond acceptors (Lipinski definition) is 0. The average molecular weight is 295 g/mol. The van der Waals surface area contributed by atoms with Crippen molar-refractivity contribution in [3.8, 4) is 0 Å². The Bertz CT molecular complexity index is 28.9. The molecule has 44 valence electrons. The minimum atomic E-state index is 0.882. The number of rotatable bonds is 4. The SMILES string of the molecule is BrCC[Se]CCBr. The Balaban J connectivity index is 2.45. The molecule has 0 spiro atoms. The second-order valence-electron chi connectivity index (χ2n) is 0.990. The Labute approximate surface area is 67.8 Å². The van der Waals surface area contributed by atoms with Gasteiger partial charge in [-0.25, -0.2) is 0 Å². The second kappa shape index (κ2) is 7.48. The summed E-state index contributed by atoms with van der Waals surface area (Å²) < 4.78 is 0. The van der Waals surface area contributed by atoms with Gasteiger partial charge in [0.2, 0.25) is 0 Å². The normalized spacial score (nSPS) is 9.43. The van der Waals surface area contributed by atoms with E-state index in [2.05, 4.69) is 31.9 Å². The van der Waals surface area contributed by atoms with Crippen LogP contribution in [-0.2, 0) is 0 Å². The Kier molecular flexibility index (Phi) is 9.06. The summed E-state index contributed by atoms with van der Waals surface area (Å²) in [5.41, 5.74) is 0. The zero-order valence-corrected chi connectivity index (χ0v) is 8.88. The van der Waals surface area contributed by atoms with E-state index >= 15 is 0 Å². The van der Waals surface area contributed by atoms with Crippen molar-refractivity contribution >= 4 is 46.8 Å². The van der Waals surface area contributed by atoms with Crippen molar-refractivity contribution < 1.29 is 0 Å². The molecule has 0 aliphatic rings. The summed E-state index contributed by atoms with van der Waals surface area (Å²) in [6.45, 7) is 0. The molecule has 0 aromatic carbocycles. The number of halogens is 2. The number of hydrogen-bond donors (Lipinski definition) is 0. The van der Waals surface area contributed by atoms with Crippen LogP contribution in [0, 0.1) is 0 Å². The molecule has 0 unspecified atom stereocenters. The van der Waals surface area contributed by atoms with Gasteiger partial charge >= 0.3 is 68.1 Å². The first kappa shape index (κ1) is 8.48. The summed E-state index contributed by atoms with van der Waals surface area (Å²) in [5, 5.41) is 5.11. The molecule has 0 saturated carbocycles. The van der Waals surface area contributed by atoms with Crippen molar-refractivity contribution in [1.82, 2.24) is 0 Å². The average Bonchev–Trinajstić information content (AvgIpc) is 1.69. The standard InChI is InChI=1S/C4H8Br2Se/c5-1-3-7-4-2-6/h1-4H2. The molecule has 0 radical (unpaired) electrons. The van der Waals surface area contributed by atoms with Crippen LogP contribution in [0.25, 0.3) is 0 Å². The molecule has 7 heavy (non-hydrogen) atoms. The molecular weight excluding hydrogens is 287 g/mol. The van der Waals surface area contributed by atoms with Crippen LogP contribution in [0.5, 0.6) is 0 Å². The first-order chi connectivity index (χ1) is 3.41. The Hall–Kier alpha value is 1.48. The topological polar surface area (TPSA) is 0 Å². The zero-order valence-electron chi connectivity index (χ0n) is 3.99. The van der Waals surface area contributed by atoms with E-state index in [1.54, 1.807) is 0 Å². The molecule has 0 aliphatic carbocycles. The van der Waals surface area contributed by atoms with E-state index in [1.807, 2.05) is 0 Å². The molecule has 0 fully saturated rings. The first-order valence-electron chi connectivity index (χ1n) is 2.11. The van der Waals surface area contributed by atoms with Crippen molar-refractivity contribution in [3.05, 3.63) is 0 Å². The Morgan fingerprint density at radius 3 is 1.71 bits per heavy atom.